The Morgan fingerprint density at radius 3 is 1.91 bits per heavy atom. The van der Waals surface area contributed by atoms with Gasteiger partial charge in [-0.05, 0) is 62.2 Å². The minimum atomic E-state index is 0.733. The lowest BCUT2D eigenvalue weighted by atomic mass is 9.69. The Labute approximate surface area is 144 Å². The molecule has 2 aliphatic rings. The van der Waals surface area contributed by atoms with E-state index in [9.17, 15) is 0 Å². The lowest BCUT2D eigenvalue weighted by Crippen LogP contribution is -2.27. The lowest BCUT2D eigenvalue weighted by Gasteiger charge is -2.38. The van der Waals surface area contributed by atoms with Crippen LogP contribution in [0, 0.1) is 23.7 Å². The van der Waals surface area contributed by atoms with Gasteiger partial charge in [0.05, 0.1) is 13.2 Å². The van der Waals surface area contributed by atoms with E-state index in [1.165, 1.54) is 77.0 Å². The molecule has 0 heterocycles. The highest BCUT2D eigenvalue weighted by molar-refractivity contribution is 4.82. The minimum Gasteiger partial charge on any atom is -0.382 e. The number of ether oxygens (including phenoxy) is 2. The molecular weight excluding hydrogens is 284 g/mol. The Kier molecular flexibility index (Phi) is 9.60. The minimum absolute atomic E-state index is 0.733. The predicted octanol–water partition coefficient (Wildman–Crippen LogP) is 5.84. The molecule has 0 aromatic heterocycles. The van der Waals surface area contributed by atoms with Crippen molar-refractivity contribution in [1.82, 2.24) is 0 Å². The Morgan fingerprint density at radius 1 is 0.739 bits per heavy atom. The van der Waals surface area contributed by atoms with Gasteiger partial charge in [0.25, 0.3) is 0 Å². The van der Waals surface area contributed by atoms with Crippen molar-refractivity contribution >= 4 is 0 Å². The van der Waals surface area contributed by atoms with Gasteiger partial charge in [0, 0.05) is 13.7 Å². The summed E-state index contributed by atoms with van der Waals surface area (Å²) in [5.41, 5.74) is 0. The van der Waals surface area contributed by atoms with Crippen LogP contribution in [0.5, 0.6) is 0 Å². The van der Waals surface area contributed by atoms with Gasteiger partial charge in [0.2, 0.25) is 0 Å². The van der Waals surface area contributed by atoms with Crippen molar-refractivity contribution in [1.29, 1.82) is 0 Å². The molecule has 2 rings (SSSR count). The molecule has 2 fully saturated rings. The van der Waals surface area contributed by atoms with Crippen LogP contribution in [-0.2, 0) is 9.47 Å². The van der Waals surface area contributed by atoms with Gasteiger partial charge in [-0.1, -0.05) is 45.4 Å². The van der Waals surface area contributed by atoms with Crippen molar-refractivity contribution in [2.75, 3.05) is 26.9 Å². The van der Waals surface area contributed by atoms with Crippen LogP contribution in [0.1, 0.15) is 84.0 Å². The van der Waals surface area contributed by atoms with Gasteiger partial charge in [-0.25, -0.2) is 0 Å². The Bertz CT molecular complexity index is 276. The zero-order valence-electron chi connectivity index (χ0n) is 15.7. The van der Waals surface area contributed by atoms with E-state index in [0.717, 1.165) is 43.5 Å². The van der Waals surface area contributed by atoms with Crippen LogP contribution < -0.4 is 0 Å². The quantitative estimate of drug-likeness (QED) is 0.470. The average molecular weight is 325 g/mol. The molecule has 2 heteroatoms. The van der Waals surface area contributed by atoms with Crippen molar-refractivity contribution in [3.05, 3.63) is 0 Å². The summed E-state index contributed by atoms with van der Waals surface area (Å²) in [6, 6.07) is 0. The Balaban J connectivity index is 1.55. The maximum Gasteiger partial charge on any atom is 0.0700 e. The molecule has 2 nitrogen and oxygen atoms in total. The van der Waals surface area contributed by atoms with Gasteiger partial charge in [-0.2, -0.15) is 0 Å². The van der Waals surface area contributed by atoms with Gasteiger partial charge in [-0.3, -0.25) is 0 Å². The van der Waals surface area contributed by atoms with Crippen molar-refractivity contribution in [3.63, 3.8) is 0 Å². The number of unbranched alkanes of at least 4 members (excludes halogenated alkanes) is 2. The number of hydrogen-bond acceptors (Lipinski definition) is 2. The summed E-state index contributed by atoms with van der Waals surface area (Å²) in [6.07, 6.45) is 17.6. The van der Waals surface area contributed by atoms with Crippen molar-refractivity contribution in [2.24, 2.45) is 23.7 Å². The molecule has 136 valence electrons. The topological polar surface area (TPSA) is 18.5 Å². The van der Waals surface area contributed by atoms with E-state index < -0.39 is 0 Å². The van der Waals surface area contributed by atoms with Crippen molar-refractivity contribution in [2.45, 2.75) is 84.0 Å². The van der Waals surface area contributed by atoms with Gasteiger partial charge in [-0.15, -0.1) is 0 Å². The molecule has 0 spiro atoms. The Hall–Kier alpha value is -0.0800. The van der Waals surface area contributed by atoms with E-state index in [1.807, 2.05) is 0 Å². The first-order valence-corrected chi connectivity index (χ1v) is 10.4. The van der Waals surface area contributed by atoms with E-state index in [2.05, 4.69) is 6.92 Å². The van der Waals surface area contributed by atoms with Crippen molar-refractivity contribution in [3.8, 4) is 0 Å². The SMILES string of the molecule is CCCCCC1CCC(C2CCC(COCCOC)CC2)CC1. The van der Waals surface area contributed by atoms with Crippen LogP contribution in [0.3, 0.4) is 0 Å². The maximum absolute atomic E-state index is 5.73. The van der Waals surface area contributed by atoms with Gasteiger partial charge in [0.1, 0.15) is 0 Å². The first-order chi connectivity index (χ1) is 11.3. The first-order valence-electron chi connectivity index (χ1n) is 10.4. The standard InChI is InChI=1S/C21H40O2/c1-3-4-5-6-18-7-11-20(12-8-18)21-13-9-19(10-14-21)17-23-16-15-22-2/h18-21H,3-17H2,1-2H3. The van der Waals surface area contributed by atoms with Crippen LogP contribution in [0.2, 0.25) is 0 Å². The molecule has 0 radical (unpaired) electrons. The molecule has 2 aliphatic carbocycles. The monoisotopic (exact) mass is 324 g/mol. The molecule has 0 bridgehead atoms. The molecular formula is C21H40O2. The zero-order valence-corrected chi connectivity index (χ0v) is 15.7. The molecule has 0 amide bonds. The van der Waals surface area contributed by atoms with Crippen LogP contribution in [-0.4, -0.2) is 26.9 Å². The molecule has 23 heavy (non-hydrogen) atoms. The second-order valence-corrected chi connectivity index (χ2v) is 8.13. The fourth-order valence-corrected chi connectivity index (χ4v) is 4.85. The molecule has 0 unspecified atom stereocenters. The smallest absolute Gasteiger partial charge is 0.0700 e. The molecule has 0 aromatic carbocycles. The number of methoxy groups -OCH3 is 1. The number of rotatable bonds is 10. The highest BCUT2D eigenvalue weighted by Gasteiger charge is 2.30. The largest absolute Gasteiger partial charge is 0.382 e. The molecule has 0 aromatic rings. The van der Waals surface area contributed by atoms with Crippen LogP contribution in [0.25, 0.3) is 0 Å². The molecule has 0 N–H and O–H groups in total. The van der Waals surface area contributed by atoms with E-state index in [1.54, 1.807) is 7.11 Å². The van der Waals surface area contributed by atoms with Crippen LogP contribution in [0.4, 0.5) is 0 Å². The van der Waals surface area contributed by atoms with Gasteiger partial charge < -0.3 is 9.47 Å². The third-order valence-electron chi connectivity index (χ3n) is 6.45. The first kappa shape index (κ1) is 19.2. The normalized spacial score (nSPS) is 32.1. The molecule has 0 aliphatic heterocycles. The van der Waals surface area contributed by atoms with Gasteiger partial charge >= 0.3 is 0 Å². The van der Waals surface area contributed by atoms with Crippen molar-refractivity contribution < 1.29 is 9.47 Å². The fourth-order valence-electron chi connectivity index (χ4n) is 4.85. The highest BCUT2D eigenvalue weighted by atomic mass is 16.5. The molecule has 0 saturated heterocycles. The number of hydrogen-bond donors (Lipinski definition) is 0. The summed E-state index contributed by atoms with van der Waals surface area (Å²) < 4.78 is 10.8. The molecule has 2 saturated carbocycles. The average Bonchev–Trinajstić information content (AvgIpc) is 2.60. The summed E-state index contributed by atoms with van der Waals surface area (Å²) in [5.74, 6) is 3.95. The van der Waals surface area contributed by atoms with Crippen LogP contribution >= 0.6 is 0 Å². The predicted molar refractivity (Wildman–Crippen MR) is 97.7 cm³/mol. The molecule has 0 atom stereocenters. The van der Waals surface area contributed by atoms with E-state index in [-0.39, 0.29) is 0 Å². The highest BCUT2D eigenvalue weighted by Crippen LogP contribution is 2.42. The third kappa shape index (κ3) is 7.13. The Morgan fingerprint density at radius 2 is 1.35 bits per heavy atom. The van der Waals surface area contributed by atoms with E-state index in [4.69, 9.17) is 9.47 Å². The summed E-state index contributed by atoms with van der Waals surface area (Å²) in [5, 5.41) is 0. The van der Waals surface area contributed by atoms with Crippen LogP contribution in [0.15, 0.2) is 0 Å². The second-order valence-electron chi connectivity index (χ2n) is 8.13. The zero-order chi connectivity index (χ0) is 16.3. The lowest BCUT2D eigenvalue weighted by molar-refractivity contribution is 0.0342. The summed E-state index contributed by atoms with van der Waals surface area (Å²) in [7, 11) is 1.74. The second kappa shape index (κ2) is 11.5. The summed E-state index contributed by atoms with van der Waals surface area (Å²) >= 11 is 0. The van der Waals surface area contributed by atoms with Gasteiger partial charge in [0.15, 0.2) is 0 Å². The summed E-state index contributed by atoms with van der Waals surface area (Å²) in [4.78, 5) is 0. The third-order valence-corrected chi connectivity index (χ3v) is 6.45. The fraction of sp³-hybridized carbons (Fsp3) is 1.00. The maximum atomic E-state index is 5.73. The van der Waals surface area contributed by atoms with E-state index >= 15 is 0 Å². The summed E-state index contributed by atoms with van der Waals surface area (Å²) in [6.45, 7) is 4.77. The van der Waals surface area contributed by atoms with E-state index in [0.29, 0.717) is 0 Å².